The van der Waals surface area contributed by atoms with Crippen molar-refractivity contribution in [2.24, 2.45) is 0 Å². The highest BCUT2D eigenvalue weighted by Gasteiger charge is 2.20. The molecule has 0 unspecified atom stereocenters. The number of nitrogens with one attached hydrogen (secondary N) is 1. The molecule has 26 heavy (non-hydrogen) atoms. The molecule has 0 aliphatic carbocycles. The Labute approximate surface area is 150 Å². The van der Waals surface area contributed by atoms with Crippen LogP contribution in [0.25, 0.3) is 33.9 Å². The molecule has 130 valence electrons. The van der Waals surface area contributed by atoms with E-state index in [0.717, 1.165) is 35.2 Å². The van der Waals surface area contributed by atoms with Gasteiger partial charge in [0.05, 0.1) is 5.56 Å². The number of aromatic amines is 1. The van der Waals surface area contributed by atoms with Crippen LogP contribution >= 0.6 is 0 Å². The van der Waals surface area contributed by atoms with Gasteiger partial charge in [0.15, 0.2) is 0 Å². The van der Waals surface area contributed by atoms with Crippen LogP contribution in [0.3, 0.4) is 0 Å². The molecule has 0 bridgehead atoms. The third-order valence-electron chi connectivity index (χ3n) is 4.96. The zero-order chi connectivity index (χ0) is 17.3. The van der Waals surface area contributed by atoms with E-state index in [1.54, 1.807) is 6.20 Å². The van der Waals surface area contributed by atoms with E-state index in [1.807, 2.05) is 24.4 Å². The van der Waals surface area contributed by atoms with Gasteiger partial charge in [0.1, 0.15) is 5.65 Å². The first kappa shape index (κ1) is 15.1. The maximum Gasteiger partial charge on any atom is 0.260 e. The lowest BCUT2D eigenvalue weighted by Crippen LogP contribution is -2.29. The molecule has 1 N–H and O–H groups in total. The predicted molar refractivity (Wildman–Crippen MR) is 101 cm³/mol. The highest BCUT2D eigenvalue weighted by atomic mass is 16.5. The van der Waals surface area contributed by atoms with Crippen LogP contribution in [0.2, 0.25) is 0 Å². The maximum atomic E-state index is 5.64. The van der Waals surface area contributed by atoms with Crippen LogP contribution < -0.4 is 4.90 Å². The van der Waals surface area contributed by atoms with Crippen LogP contribution in [0.4, 0.5) is 5.69 Å². The zero-order valence-corrected chi connectivity index (χ0v) is 14.4. The Morgan fingerprint density at radius 3 is 2.77 bits per heavy atom. The molecule has 0 saturated carbocycles. The zero-order valence-electron chi connectivity index (χ0n) is 14.4. The number of fused-ring (bicyclic) bond motifs is 1. The largest absolute Gasteiger partial charge is 0.371 e. The van der Waals surface area contributed by atoms with E-state index in [1.165, 1.54) is 24.9 Å². The van der Waals surface area contributed by atoms with E-state index >= 15 is 0 Å². The van der Waals surface area contributed by atoms with Crippen molar-refractivity contribution < 1.29 is 4.52 Å². The van der Waals surface area contributed by atoms with E-state index in [-0.39, 0.29) is 0 Å². The molecule has 0 radical (unpaired) electrons. The standard InChI is InChI=1S/C20H19N5O/c1-4-12-25(13-5-1)17-7-3-2-6-16(17)20-23-19(24-26-20)15-9-11-22-18-14(15)8-10-21-18/h2-3,6-11H,1,4-5,12-13H2,(H,21,22). The number of anilines is 1. The number of nitrogens with zero attached hydrogens (tertiary/aromatic N) is 4. The average Bonchev–Trinajstić information content (AvgIpc) is 3.38. The van der Waals surface area contributed by atoms with Crippen molar-refractivity contribution in [2.75, 3.05) is 18.0 Å². The van der Waals surface area contributed by atoms with Gasteiger partial charge in [0.2, 0.25) is 5.82 Å². The minimum absolute atomic E-state index is 0.557. The van der Waals surface area contributed by atoms with E-state index in [0.29, 0.717) is 11.7 Å². The van der Waals surface area contributed by atoms with Crippen LogP contribution in [0, 0.1) is 0 Å². The molecular weight excluding hydrogens is 326 g/mol. The predicted octanol–water partition coefficient (Wildman–Crippen LogP) is 4.27. The average molecular weight is 345 g/mol. The highest BCUT2D eigenvalue weighted by molar-refractivity contribution is 5.91. The minimum Gasteiger partial charge on any atom is -0.371 e. The molecule has 0 spiro atoms. The SMILES string of the molecule is c1ccc(N2CCCCC2)c(-c2nc(-c3ccnc4[nH]ccc34)no2)c1. The van der Waals surface area contributed by atoms with Crippen molar-refractivity contribution in [1.29, 1.82) is 0 Å². The number of hydrogen-bond acceptors (Lipinski definition) is 5. The lowest BCUT2D eigenvalue weighted by atomic mass is 10.1. The molecule has 1 aliphatic rings. The number of benzene rings is 1. The van der Waals surface area contributed by atoms with Crippen LogP contribution in [-0.2, 0) is 0 Å². The summed E-state index contributed by atoms with van der Waals surface area (Å²) in [5, 5.41) is 5.22. The summed E-state index contributed by atoms with van der Waals surface area (Å²) in [5.41, 5.74) is 3.90. The Morgan fingerprint density at radius 2 is 1.85 bits per heavy atom. The number of pyridine rings is 1. The van der Waals surface area contributed by atoms with Gasteiger partial charge < -0.3 is 14.4 Å². The quantitative estimate of drug-likeness (QED) is 0.600. The third-order valence-corrected chi connectivity index (χ3v) is 4.96. The summed E-state index contributed by atoms with van der Waals surface area (Å²) in [6, 6.07) is 12.2. The Morgan fingerprint density at radius 1 is 0.962 bits per heavy atom. The molecular formula is C20H19N5O. The Hall–Kier alpha value is -3.15. The number of aromatic nitrogens is 4. The van der Waals surface area contributed by atoms with E-state index < -0.39 is 0 Å². The van der Waals surface area contributed by atoms with Crippen molar-refractivity contribution in [3.63, 3.8) is 0 Å². The summed E-state index contributed by atoms with van der Waals surface area (Å²) in [5.74, 6) is 1.14. The molecule has 1 saturated heterocycles. The van der Waals surface area contributed by atoms with Crippen molar-refractivity contribution in [2.45, 2.75) is 19.3 Å². The highest BCUT2D eigenvalue weighted by Crippen LogP contribution is 2.33. The van der Waals surface area contributed by atoms with E-state index in [9.17, 15) is 0 Å². The van der Waals surface area contributed by atoms with Gasteiger partial charge in [-0.15, -0.1) is 0 Å². The summed E-state index contributed by atoms with van der Waals surface area (Å²) in [6.07, 6.45) is 7.38. The second-order valence-corrected chi connectivity index (χ2v) is 6.59. The Balaban J connectivity index is 1.56. The van der Waals surface area contributed by atoms with Crippen LogP contribution in [0.1, 0.15) is 19.3 Å². The lowest BCUT2D eigenvalue weighted by Gasteiger charge is -2.29. The van der Waals surface area contributed by atoms with Gasteiger partial charge in [-0.3, -0.25) is 0 Å². The summed E-state index contributed by atoms with van der Waals surface area (Å²) >= 11 is 0. The van der Waals surface area contributed by atoms with Crippen molar-refractivity contribution >= 4 is 16.7 Å². The van der Waals surface area contributed by atoms with Gasteiger partial charge in [-0.25, -0.2) is 4.98 Å². The van der Waals surface area contributed by atoms with E-state index in [2.05, 4.69) is 43.2 Å². The van der Waals surface area contributed by atoms with Gasteiger partial charge in [-0.2, -0.15) is 4.98 Å². The van der Waals surface area contributed by atoms with Gasteiger partial charge >= 0.3 is 0 Å². The first-order valence-electron chi connectivity index (χ1n) is 9.01. The van der Waals surface area contributed by atoms with Crippen molar-refractivity contribution in [3.05, 3.63) is 48.8 Å². The molecule has 4 heterocycles. The fourth-order valence-corrected chi connectivity index (χ4v) is 3.66. The minimum atomic E-state index is 0.557. The fraction of sp³-hybridized carbons (Fsp3) is 0.250. The molecule has 6 heteroatoms. The fourth-order valence-electron chi connectivity index (χ4n) is 3.66. The summed E-state index contributed by atoms with van der Waals surface area (Å²) in [7, 11) is 0. The smallest absolute Gasteiger partial charge is 0.260 e. The lowest BCUT2D eigenvalue weighted by molar-refractivity contribution is 0.432. The molecule has 0 atom stereocenters. The number of para-hydroxylation sites is 1. The molecule has 0 amide bonds. The molecule has 4 aromatic rings. The summed E-state index contributed by atoms with van der Waals surface area (Å²) < 4.78 is 5.64. The molecule has 1 aromatic carbocycles. The first-order chi connectivity index (χ1) is 12.9. The number of H-pyrrole nitrogens is 1. The van der Waals surface area contributed by atoms with Gasteiger partial charge in [0.25, 0.3) is 5.89 Å². The molecule has 6 nitrogen and oxygen atoms in total. The monoisotopic (exact) mass is 345 g/mol. The van der Waals surface area contributed by atoms with Crippen LogP contribution in [0.15, 0.2) is 53.3 Å². The summed E-state index contributed by atoms with van der Waals surface area (Å²) in [6.45, 7) is 2.15. The third kappa shape index (κ3) is 2.54. The summed E-state index contributed by atoms with van der Waals surface area (Å²) in [4.78, 5) is 14.5. The Bertz CT molecular complexity index is 1040. The molecule has 5 rings (SSSR count). The van der Waals surface area contributed by atoms with Crippen molar-refractivity contribution in [1.82, 2.24) is 20.1 Å². The second kappa shape index (κ2) is 6.29. The first-order valence-corrected chi connectivity index (χ1v) is 9.01. The number of piperidine rings is 1. The second-order valence-electron chi connectivity index (χ2n) is 6.59. The molecule has 1 fully saturated rings. The normalized spacial score (nSPS) is 14.8. The van der Waals surface area contributed by atoms with Crippen molar-refractivity contribution in [3.8, 4) is 22.8 Å². The molecule has 1 aliphatic heterocycles. The van der Waals surface area contributed by atoms with Gasteiger partial charge in [-0.1, -0.05) is 17.3 Å². The number of rotatable bonds is 3. The van der Waals surface area contributed by atoms with Gasteiger partial charge in [-0.05, 0) is 43.5 Å². The van der Waals surface area contributed by atoms with Gasteiger partial charge in [0, 0.05) is 42.1 Å². The van der Waals surface area contributed by atoms with Crippen LogP contribution in [0.5, 0.6) is 0 Å². The van der Waals surface area contributed by atoms with E-state index in [4.69, 9.17) is 4.52 Å². The van der Waals surface area contributed by atoms with Crippen LogP contribution in [-0.4, -0.2) is 33.2 Å². The number of hydrogen-bond donors (Lipinski definition) is 1. The maximum absolute atomic E-state index is 5.64. The molecule has 3 aromatic heterocycles. The Kier molecular flexibility index (Phi) is 3.66. The topological polar surface area (TPSA) is 70.8 Å².